The Labute approximate surface area is 166 Å². The first-order chi connectivity index (χ1) is 13.3. The quantitative estimate of drug-likeness (QED) is 0.529. The third-order valence-corrected chi connectivity index (χ3v) is 6.38. The molecule has 0 saturated carbocycles. The molecule has 3 aromatic carbocycles. The van der Waals surface area contributed by atoms with Gasteiger partial charge >= 0.3 is 0 Å². The van der Waals surface area contributed by atoms with Crippen LogP contribution in [0.4, 0.5) is 17.1 Å². The molecule has 0 atom stereocenters. The largest absolute Gasteiger partial charge is 0.280 e. The fourth-order valence-electron chi connectivity index (χ4n) is 3.00. The maximum Gasteiger partial charge on any atom is 0.262 e. The molecule has 6 heteroatoms. The predicted octanol–water partition coefficient (Wildman–Crippen LogP) is 6.14. The van der Waals surface area contributed by atoms with E-state index < -0.39 is 10.0 Å². The van der Waals surface area contributed by atoms with E-state index in [1.54, 1.807) is 24.3 Å². The van der Waals surface area contributed by atoms with Gasteiger partial charge in [0.05, 0.1) is 16.3 Å². The van der Waals surface area contributed by atoms with Crippen molar-refractivity contribution in [3.8, 4) is 0 Å². The monoisotopic (exact) mass is 393 g/mol. The molecular weight excluding hydrogens is 370 g/mol. The van der Waals surface area contributed by atoms with E-state index in [4.69, 9.17) is 0 Å². The van der Waals surface area contributed by atoms with Crippen LogP contribution in [0, 0.1) is 27.7 Å². The van der Waals surface area contributed by atoms with Gasteiger partial charge in [0.2, 0.25) is 0 Å². The number of benzene rings is 3. The van der Waals surface area contributed by atoms with Gasteiger partial charge in [0.1, 0.15) is 0 Å². The standard InChI is InChI=1S/C22H23N3O2S/c1-15-14-16(2)18(4)22(17(15)3)28(26,27)25-21-12-10-20(11-13-21)24-23-19-8-6-5-7-9-19/h5-14,25H,1-4H3. The molecule has 0 unspecified atom stereocenters. The van der Waals surface area contributed by atoms with Gasteiger partial charge in [0, 0.05) is 5.69 Å². The van der Waals surface area contributed by atoms with Crippen molar-refractivity contribution in [3.05, 3.63) is 82.9 Å². The van der Waals surface area contributed by atoms with Gasteiger partial charge in [0.15, 0.2) is 0 Å². The van der Waals surface area contributed by atoms with Gasteiger partial charge in [-0.2, -0.15) is 10.2 Å². The Morgan fingerprint density at radius 2 is 1.21 bits per heavy atom. The van der Waals surface area contributed by atoms with Gasteiger partial charge in [0.25, 0.3) is 10.0 Å². The highest BCUT2D eigenvalue weighted by molar-refractivity contribution is 7.92. The Bertz CT molecular complexity index is 1090. The number of aryl methyl sites for hydroxylation is 2. The lowest BCUT2D eigenvalue weighted by Crippen LogP contribution is -2.17. The molecule has 28 heavy (non-hydrogen) atoms. The molecule has 0 amide bonds. The van der Waals surface area contributed by atoms with Crippen molar-refractivity contribution in [1.82, 2.24) is 0 Å². The minimum Gasteiger partial charge on any atom is -0.280 e. The number of nitrogens with one attached hydrogen (secondary N) is 1. The fourth-order valence-corrected chi connectivity index (χ4v) is 4.67. The molecule has 1 N–H and O–H groups in total. The molecule has 3 rings (SSSR count). The number of hydrogen-bond donors (Lipinski definition) is 1. The molecule has 0 spiro atoms. The Balaban J connectivity index is 1.83. The van der Waals surface area contributed by atoms with Crippen molar-refractivity contribution in [2.75, 3.05) is 4.72 Å². The smallest absolute Gasteiger partial charge is 0.262 e. The van der Waals surface area contributed by atoms with Crippen molar-refractivity contribution in [2.24, 2.45) is 10.2 Å². The molecular formula is C22H23N3O2S. The third kappa shape index (κ3) is 4.28. The Hall–Kier alpha value is -2.99. The molecule has 0 radical (unpaired) electrons. The second-order valence-electron chi connectivity index (χ2n) is 6.78. The number of hydrogen-bond acceptors (Lipinski definition) is 4. The summed E-state index contributed by atoms with van der Waals surface area (Å²) in [6.07, 6.45) is 0. The van der Waals surface area contributed by atoms with E-state index in [2.05, 4.69) is 15.0 Å². The van der Waals surface area contributed by atoms with E-state index in [0.29, 0.717) is 16.3 Å². The second-order valence-corrected chi connectivity index (χ2v) is 8.40. The lowest BCUT2D eigenvalue weighted by Gasteiger charge is -2.16. The van der Waals surface area contributed by atoms with E-state index in [1.165, 1.54) is 0 Å². The summed E-state index contributed by atoms with van der Waals surface area (Å²) in [5.41, 5.74) is 5.34. The third-order valence-electron chi connectivity index (χ3n) is 4.72. The van der Waals surface area contributed by atoms with Gasteiger partial charge < -0.3 is 0 Å². The molecule has 0 aromatic heterocycles. The Kier molecular flexibility index (Phi) is 5.61. The highest BCUT2D eigenvalue weighted by atomic mass is 32.2. The van der Waals surface area contributed by atoms with E-state index in [9.17, 15) is 8.42 Å². The van der Waals surface area contributed by atoms with Crippen molar-refractivity contribution in [1.29, 1.82) is 0 Å². The molecule has 0 bridgehead atoms. The minimum atomic E-state index is -3.69. The first-order valence-electron chi connectivity index (χ1n) is 8.95. The van der Waals surface area contributed by atoms with Crippen LogP contribution in [0.1, 0.15) is 22.3 Å². The number of nitrogens with zero attached hydrogens (tertiary/aromatic N) is 2. The van der Waals surface area contributed by atoms with Gasteiger partial charge in [-0.1, -0.05) is 24.3 Å². The Morgan fingerprint density at radius 3 is 1.75 bits per heavy atom. The topological polar surface area (TPSA) is 70.9 Å². The normalized spacial score (nSPS) is 11.7. The Morgan fingerprint density at radius 1 is 0.714 bits per heavy atom. The summed E-state index contributed by atoms with van der Waals surface area (Å²) in [5.74, 6) is 0. The van der Waals surface area contributed by atoms with Gasteiger partial charge in [-0.05, 0) is 86.3 Å². The fraction of sp³-hybridized carbons (Fsp3) is 0.182. The van der Waals surface area contributed by atoms with Crippen LogP contribution in [0.15, 0.2) is 75.8 Å². The maximum atomic E-state index is 13.0. The summed E-state index contributed by atoms with van der Waals surface area (Å²) in [6.45, 7) is 7.52. The summed E-state index contributed by atoms with van der Waals surface area (Å²) in [7, 11) is -3.69. The van der Waals surface area contributed by atoms with Crippen LogP contribution in [0.5, 0.6) is 0 Å². The summed E-state index contributed by atoms with van der Waals surface area (Å²) < 4.78 is 28.7. The summed E-state index contributed by atoms with van der Waals surface area (Å²) in [6, 6.07) is 18.3. The second kappa shape index (κ2) is 7.94. The van der Waals surface area contributed by atoms with Gasteiger partial charge in [-0.15, -0.1) is 0 Å². The average molecular weight is 394 g/mol. The molecule has 3 aromatic rings. The van der Waals surface area contributed by atoms with Gasteiger partial charge in [-0.25, -0.2) is 8.42 Å². The summed E-state index contributed by atoms with van der Waals surface area (Å²) in [4.78, 5) is 0.345. The van der Waals surface area contributed by atoms with Crippen LogP contribution >= 0.6 is 0 Å². The molecule has 0 aliphatic rings. The van der Waals surface area contributed by atoms with Crippen LogP contribution < -0.4 is 4.72 Å². The van der Waals surface area contributed by atoms with Crippen LogP contribution in [0.2, 0.25) is 0 Å². The van der Waals surface area contributed by atoms with E-state index in [1.807, 2.05) is 64.1 Å². The van der Waals surface area contributed by atoms with E-state index in [0.717, 1.165) is 27.9 Å². The zero-order chi connectivity index (χ0) is 20.3. The van der Waals surface area contributed by atoms with Gasteiger partial charge in [-0.3, -0.25) is 4.72 Å². The lowest BCUT2D eigenvalue weighted by atomic mass is 10.0. The first kappa shape index (κ1) is 19.8. The maximum absolute atomic E-state index is 13.0. The summed E-state index contributed by atoms with van der Waals surface area (Å²) >= 11 is 0. The van der Waals surface area contributed by atoms with E-state index in [-0.39, 0.29) is 0 Å². The van der Waals surface area contributed by atoms with Crippen molar-refractivity contribution in [3.63, 3.8) is 0 Å². The highest BCUT2D eigenvalue weighted by Gasteiger charge is 2.22. The minimum absolute atomic E-state index is 0.345. The van der Waals surface area contributed by atoms with Crippen LogP contribution in [-0.4, -0.2) is 8.42 Å². The molecule has 0 saturated heterocycles. The SMILES string of the molecule is Cc1cc(C)c(C)c(S(=O)(=O)Nc2ccc(N=Nc3ccccc3)cc2)c1C. The predicted molar refractivity (Wildman–Crippen MR) is 113 cm³/mol. The number of rotatable bonds is 5. The average Bonchev–Trinajstić information content (AvgIpc) is 2.66. The number of sulfonamides is 1. The molecule has 0 aliphatic heterocycles. The lowest BCUT2D eigenvalue weighted by molar-refractivity contribution is 0.599. The highest BCUT2D eigenvalue weighted by Crippen LogP contribution is 2.28. The summed E-state index contributed by atoms with van der Waals surface area (Å²) in [5, 5.41) is 8.33. The zero-order valence-electron chi connectivity index (χ0n) is 16.4. The van der Waals surface area contributed by atoms with Crippen molar-refractivity contribution < 1.29 is 8.42 Å². The van der Waals surface area contributed by atoms with Crippen LogP contribution in [0.25, 0.3) is 0 Å². The van der Waals surface area contributed by atoms with Crippen LogP contribution in [-0.2, 0) is 10.0 Å². The number of anilines is 1. The van der Waals surface area contributed by atoms with Crippen LogP contribution in [0.3, 0.4) is 0 Å². The zero-order valence-corrected chi connectivity index (χ0v) is 17.2. The first-order valence-corrected chi connectivity index (χ1v) is 10.4. The molecule has 5 nitrogen and oxygen atoms in total. The molecule has 0 heterocycles. The van der Waals surface area contributed by atoms with E-state index >= 15 is 0 Å². The van der Waals surface area contributed by atoms with Crippen molar-refractivity contribution >= 4 is 27.1 Å². The number of azo groups is 1. The molecule has 0 fully saturated rings. The molecule has 0 aliphatic carbocycles. The van der Waals surface area contributed by atoms with Crippen molar-refractivity contribution in [2.45, 2.75) is 32.6 Å². The molecule has 144 valence electrons.